The third-order valence-corrected chi connectivity index (χ3v) is 3.12. The lowest BCUT2D eigenvalue weighted by Crippen LogP contribution is -2.21. The summed E-state index contributed by atoms with van der Waals surface area (Å²) in [5.74, 6) is -0.00740. The molecule has 3 aromatic rings. The highest BCUT2D eigenvalue weighted by Crippen LogP contribution is 2.19. The molecule has 0 N–H and O–H groups in total. The Balaban J connectivity index is 2.18. The summed E-state index contributed by atoms with van der Waals surface area (Å²) >= 11 is 3.16. The summed E-state index contributed by atoms with van der Waals surface area (Å²) < 4.78 is 20.4. The molecular weight excluding hydrogens is 317 g/mol. The molecule has 0 aliphatic heterocycles. The lowest BCUT2D eigenvalue weighted by molar-refractivity contribution is 0.374. The fourth-order valence-corrected chi connectivity index (χ4v) is 2.23. The molecule has 96 valence electrons. The van der Waals surface area contributed by atoms with Gasteiger partial charge < -0.3 is 4.52 Å². The minimum Gasteiger partial charge on any atom is -0.359 e. The van der Waals surface area contributed by atoms with Crippen molar-refractivity contribution in [3.63, 3.8) is 0 Å². The van der Waals surface area contributed by atoms with Gasteiger partial charge in [0.2, 0.25) is 0 Å². The van der Waals surface area contributed by atoms with Gasteiger partial charge in [-0.2, -0.15) is 0 Å². The van der Waals surface area contributed by atoms with Crippen LogP contribution in [0.1, 0.15) is 5.76 Å². The van der Waals surface area contributed by atoms with E-state index in [1.54, 1.807) is 12.1 Å². The first-order valence-corrected chi connectivity index (χ1v) is 6.18. The van der Waals surface area contributed by atoms with Gasteiger partial charge in [0.05, 0.1) is 24.5 Å². The Morgan fingerprint density at radius 2 is 2.26 bits per heavy atom. The second-order valence-electron chi connectivity index (χ2n) is 3.94. The summed E-state index contributed by atoms with van der Waals surface area (Å²) in [5.41, 5.74) is -0.274. The molecule has 2 heterocycles. The zero-order valence-corrected chi connectivity index (χ0v) is 11.1. The molecule has 0 unspecified atom stereocenters. The van der Waals surface area contributed by atoms with Crippen LogP contribution in [0.15, 0.2) is 44.5 Å². The van der Waals surface area contributed by atoms with E-state index in [9.17, 15) is 9.18 Å². The molecule has 0 saturated heterocycles. The molecule has 5 nitrogen and oxygen atoms in total. The molecule has 0 aliphatic carbocycles. The lowest BCUT2D eigenvalue weighted by Gasteiger charge is -2.05. The summed E-state index contributed by atoms with van der Waals surface area (Å²) in [5, 5.41) is 3.78. The van der Waals surface area contributed by atoms with Gasteiger partial charge >= 0.3 is 0 Å². The predicted molar refractivity (Wildman–Crippen MR) is 69.3 cm³/mol. The van der Waals surface area contributed by atoms with Crippen molar-refractivity contribution in [3.8, 4) is 0 Å². The Labute approximate surface area is 114 Å². The number of nitrogens with zero attached hydrogens (tertiary/aromatic N) is 3. The maximum Gasteiger partial charge on any atom is 0.261 e. The zero-order valence-electron chi connectivity index (χ0n) is 9.51. The van der Waals surface area contributed by atoms with Crippen LogP contribution in [0.4, 0.5) is 4.39 Å². The average molecular weight is 324 g/mol. The predicted octanol–water partition coefficient (Wildman–Crippen LogP) is 2.33. The third kappa shape index (κ3) is 2.17. The van der Waals surface area contributed by atoms with E-state index >= 15 is 0 Å². The number of halogens is 2. The van der Waals surface area contributed by atoms with Crippen LogP contribution in [-0.4, -0.2) is 14.7 Å². The van der Waals surface area contributed by atoms with Gasteiger partial charge in [-0.1, -0.05) is 21.1 Å². The molecular formula is C12H7BrFN3O2. The number of hydrogen-bond donors (Lipinski definition) is 0. The van der Waals surface area contributed by atoms with Crippen molar-refractivity contribution >= 4 is 26.8 Å². The molecule has 1 aromatic carbocycles. The molecule has 0 spiro atoms. The lowest BCUT2D eigenvalue weighted by atomic mass is 10.2. The number of fused-ring (bicyclic) bond motifs is 1. The Bertz CT molecular complexity index is 799. The maximum atomic E-state index is 13.7. The van der Waals surface area contributed by atoms with Crippen molar-refractivity contribution < 1.29 is 8.91 Å². The highest BCUT2D eigenvalue weighted by molar-refractivity contribution is 9.10. The van der Waals surface area contributed by atoms with Gasteiger partial charge in [-0.25, -0.2) is 9.37 Å². The molecule has 0 amide bonds. The second-order valence-corrected chi connectivity index (χ2v) is 4.86. The Kier molecular flexibility index (Phi) is 2.90. The quantitative estimate of drug-likeness (QED) is 0.726. The Morgan fingerprint density at radius 3 is 3.00 bits per heavy atom. The van der Waals surface area contributed by atoms with Gasteiger partial charge in [0.15, 0.2) is 11.6 Å². The summed E-state index contributed by atoms with van der Waals surface area (Å²) in [7, 11) is 0. The molecule has 0 radical (unpaired) electrons. The average Bonchev–Trinajstić information content (AvgIpc) is 2.86. The summed E-state index contributed by atoms with van der Waals surface area (Å²) in [6.07, 6.45) is 2.79. The summed E-state index contributed by atoms with van der Waals surface area (Å²) in [6, 6.07) is 4.47. The second kappa shape index (κ2) is 4.58. The number of aromatic nitrogens is 3. The van der Waals surface area contributed by atoms with E-state index < -0.39 is 5.82 Å². The fraction of sp³-hybridized carbons (Fsp3) is 0.0833. The largest absolute Gasteiger partial charge is 0.359 e. The zero-order chi connectivity index (χ0) is 13.4. The van der Waals surface area contributed by atoms with E-state index in [1.807, 2.05) is 0 Å². The Hall–Kier alpha value is -2.02. The van der Waals surface area contributed by atoms with Crippen LogP contribution < -0.4 is 5.56 Å². The molecule has 0 saturated carbocycles. The molecule has 0 atom stereocenters. The monoisotopic (exact) mass is 323 g/mol. The van der Waals surface area contributed by atoms with Crippen molar-refractivity contribution in [2.75, 3.05) is 0 Å². The van der Waals surface area contributed by atoms with Crippen molar-refractivity contribution in [1.29, 1.82) is 0 Å². The van der Waals surface area contributed by atoms with E-state index in [0.717, 1.165) is 0 Å². The van der Waals surface area contributed by atoms with E-state index in [-0.39, 0.29) is 23.0 Å². The van der Waals surface area contributed by atoms with Crippen molar-refractivity contribution in [2.24, 2.45) is 0 Å². The first kappa shape index (κ1) is 12.0. The smallest absolute Gasteiger partial charge is 0.261 e. The molecule has 0 bridgehead atoms. The van der Waals surface area contributed by atoms with Gasteiger partial charge in [-0.3, -0.25) is 9.36 Å². The van der Waals surface area contributed by atoms with Crippen LogP contribution in [0.25, 0.3) is 10.9 Å². The topological polar surface area (TPSA) is 60.9 Å². The van der Waals surface area contributed by atoms with E-state index in [0.29, 0.717) is 10.2 Å². The molecule has 0 fully saturated rings. The number of benzene rings is 1. The van der Waals surface area contributed by atoms with E-state index in [4.69, 9.17) is 4.52 Å². The minimum absolute atomic E-state index is 0.0574. The van der Waals surface area contributed by atoms with Crippen molar-refractivity contribution in [1.82, 2.24) is 14.7 Å². The van der Waals surface area contributed by atoms with Crippen LogP contribution in [0.2, 0.25) is 0 Å². The molecule has 19 heavy (non-hydrogen) atoms. The Morgan fingerprint density at radius 1 is 1.42 bits per heavy atom. The van der Waals surface area contributed by atoms with Gasteiger partial charge in [0, 0.05) is 10.5 Å². The number of rotatable bonds is 2. The number of hydrogen-bond acceptors (Lipinski definition) is 4. The highest BCUT2D eigenvalue weighted by Gasteiger charge is 2.10. The molecule has 3 rings (SSSR count). The minimum atomic E-state index is -0.534. The molecule has 2 aromatic heterocycles. The van der Waals surface area contributed by atoms with Crippen molar-refractivity contribution in [2.45, 2.75) is 6.54 Å². The van der Waals surface area contributed by atoms with E-state index in [2.05, 4.69) is 26.1 Å². The molecule has 0 aliphatic rings. The van der Waals surface area contributed by atoms with Gasteiger partial charge in [0.1, 0.15) is 5.52 Å². The van der Waals surface area contributed by atoms with Crippen LogP contribution in [-0.2, 0) is 6.54 Å². The summed E-state index contributed by atoms with van der Waals surface area (Å²) in [4.78, 5) is 16.2. The van der Waals surface area contributed by atoms with E-state index in [1.165, 1.54) is 23.2 Å². The third-order valence-electron chi connectivity index (χ3n) is 2.66. The van der Waals surface area contributed by atoms with Gasteiger partial charge in [0.25, 0.3) is 5.56 Å². The molecule has 7 heteroatoms. The normalized spacial score (nSPS) is 11.1. The van der Waals surface area contributed by atoms with Crippen LogP contribution in [0, 0.1) is 5.82 Å². The highest BCUT2D eigenvalue weighted by atomic mass is 79.9. The maximum absolute atomic E-state index is 13.7. The van der Waals surface area contributed by atoms with Gasteiger partial charge in [-0.15, -0.1) is 0 Å². The first-order chi connectivity index (χ1) is 9.15. The van der Waals surface area contributed by atoms with Crippen molar-refractivity contribution in [3.05, 3.63) is 57.1 Å². The van der Waals surface area contributed by atoms with Crippen LogP contribution >= 0.6 is 15.9 Å². The fourth-order valence-electron chi connectivity index (χ4n) is 1.80. The SMILES string of the molecule is O=c1c2cc(Br)cc(F)c2ncn1Cc1ccno1. The van der Waals surface area contributed by atoms with Crippen LogP contribution in [0.5, 0.6) is 0 Å². The first-order valence-electron chi connectivity index (χ1n) is 5.39. The van der Waals surface area contributed by atoms with Crippen LogP contribution in [0.3, 0.4) is 0 Å². The summed E-state index contributed by atoms with van der Waals surface area (Å²) in [6.45, 7) is 0.204. The van der Waals surface area contributed by atoms with Gasteiger partial charge in [-0.05, 0) is 12.1 Å². The standard InChI is InChI=1S/C12H7BrFN3O2/c13-7-3-9-11(10(14)4-7)15-6-17(12(9)18)5-8-1-2-16-19-8/h1-4,6H,5H2.